The number of carbonyl (C=O) groups excluding carboxylic acids is 1. The minimum atomic E-state index is -5.82. The quantitative estimate of drug-likeness (QED) is 0.268. The number of anilines is 2. The zero-order chi connectivity index (χ0) is 34.3. The maximum atomic E-state index is 14.3. The molecule has 2 N–H and O–H groups in total. The van der Waals surface area contributed by atoms with Crippen LogP contribution in [0.25, 0.3) is 17.2 Å². The van der Waals surface area contributed by atoms with E-state index in [0.717, 1.165) is 11.0 Å². The maximum absolute atomic E-state index is 14.3. The molecule has 6 rings (SSSR count). The van der Waals surface area contributed by atoms with Crippen molar-refractivity contribution in [3.63, 3.8) is 0 Å². The number of halogens is 9. The van der Waals surface area contributed by atoms with Crippen LogP contribution in [-0.2, 0) is 16.6 Å². The molecule has 0 bridgehead atoms. The Morgan fingerprint density at radius 3 is 2.40 bits per heavy atom. The van der Waals surface area contributed by atoms with Crippen molar-refractivity contribution >= 4 is 23.2 Å². The van der Waals surface area contributed by atoms with E-state index in [2.05, 4.69) is 25.3 Å². The number of methoxy groups -OCH3 is 1. The largest absolute Gasteiger partial charge is 0.494 e. The molecule has 4 aromatic rings. The van der Waals surface area contributed by atoms with Crippen LogP contribution in [-0.4, -0.2) is 79.4 Å². The van der Waals surface area contributed by atoms with Crippen molar-refractivity contribution < 1.29 is 54.2 Å². The first kappa shape index (κ1) is 32.3. The van der Waals surface area contributed by atoms with Gasteiger partial charge in [0.25, 0.3) is 0 Å². The molecule has 1 unspecified atom stereocenters. The standard InChI is InChI=1S/C28H22F9N7O3/c1-24(13-3-4-14(29)17(9-13)47-2)18-20(42-23(24)45)40-19(41-22(18)44-11-25(46,12-44)27(32,33)34)16-10-43-8-7-38-21(43)15(39-16)5-6-26(30,31)28(35,36)37/h3-4,7-10,46H,5-6,11-12H2,1-2H3,(H,40,41,42,45). The maximum Gasteiger partial charge on any atom is 0.453 e. The van der Waals surface area contributed by atoms with E-state index in [-0.39, 0.29) is 51.4 Å². The summed E-state index contributed by atoms with van der Waals surface area (Å²) in [7, 11) is 1.19. The minimum absolute atomic E-state index is 0.0297. The Morgan fingerprint density at radius 2 is 1.77 bits per heavy atom. The summed E-state index contributed by atoms with van der Waals surface area (Å²) in [6.45, 7) is -0.595. The van der Waals surface area contributed by atoms with Crippen LogP contribution in [0.4, 0.5) is 51.1 Å². The van der Waals surface area contributed by atoms with Gasteiger partial charge in [-0.1, -0.05) is 6.07 Å². The molecule has 1 aromatic carbocycles. The lowest BCUT2D eigenvalue weighted by atomic mass is 9.77. The first-order valence-corrected chi connectivity index (χ1v) is 13.7. The number of fused-ring (bicyclic) bond motifs is 2. The number of ether oxygens (including phenoxy) is 1. The summed E-state index contributed by atoms with van der Waals surface area (Å²) in [6.07, 6.45) is -9.53. The predicted octanol–water partition coefficient (Wildman–Crippen LogP) is 4.84. The van der Waals surface area contributed by atoms with Crippen LogP contribution < -0.4 is 15.0 Å². The van der Waals surface area contributed by atoms with Gasteiger partial charge in [0, 0.05) is 25.0 Å². The van der Waals surface area contributed by atoms with Crippen molar-refractivity contribution in [1.82, 2.24) is 24.3 Å². The Labute approximate surface area is 258 Å². The number of aryl methyl sites for hydroxylation is 1. The van der Waals surface area contributed by atoms with E-state index in [1.54, 1.807) is 0 Å². The fourth-order valence-electron chi connectivity index (χ4n) is 5.54. The van der Waals surface area contributed by atoms with Gasteiger partial charge in [-0.2, -0.15) is 35.1 Å². The minimum Gasteiger partial charge on any atom is -0.494 e. The molecule has 1 atom stereocenters. The van der Waals surface area contributed by atoms with Gasteiger partial charge in [0.05, 0.1) is 31.5 Å². The third kappa shape index (κ3) is 5.06. The molecule has 0 aliphatic carbocycles. The number of hydrogen-bond donors (Lipinski definition) is 2. The van der Waals surface area contributed by atoms with E-state index >= 15 is 0 Å². The number of aliphatic hydroxyl groups is 1. The molecule has 3 aromatic heterocycles. The molecule has 0 saturated carbocycles. The molecule has 2 aliphatic rings. The average molecular weight is 676 g/mol. The third-order valence-electron chi connectivity index (χ3n) is 8.30. The lowest BCUT2D eigenvalue weighted by molar-refractivity contribution is -0.284. The number of rotatable bonds is 7. The molecule has 0 radical (unpaired) electrons. The molecule has 5 heterocycles. The Bertz CT molecular complexity index is 1900. The van der Waals surface area contributed by atoms with Crippen molar-refractivity contribution in [3.05, 3.63) is 59.4 Å². The van der Waals surface area contributed by atoms with Gasteiger partial charge in [-0.3, -0.25) is 4.79 Å². The lowest BCUT2D eigenvalue weighted by Crippen LogP contribution is -2.69. The van der Waals surface area contributed by atoms with Gasteiger partial charge < -0.3 is 24.5 Å². The van der Waals surface area contributed by atoms with Crippen LogP contribution in [0.5, 0.6) is 5.75 Å². The van der Waals surface area contributed by atoms with Crippen molar-refractivity contribution in [1.29, 1.82) is 0 Å². The normalized spacial score (nSPS) is 19.5. The highest BCUT2D eigenvalue weighted by molar-refractivity contribution is 6.09. The summed E-state index contributed by atoms with van der Waals surface area (Å²) in [5.41, 5.74) is -5.27. The number of alkyl halides is 8. The average Bonchev–Trinajstić information content (AvgIpc) is 3.55. The van der Waals surface area contributed by atoms with E-state index < -0.39 is 66.9 Å². The van der Waals surface area contributed by atoms with E-state index in [1.165, 1.54) is 49.2 Å². The predicted molar refractivity (Wildman–Crippen MR) is 145 cm³/mol. The zero-order valence-corrected chi connectivity index (χ0v) is 24.1. The number of aromatic nitrogens is 5. The van der Waals surface area contributed by atoms with Crippen LogP contribution in [0.2, 0.25) is 0 Å². The van der Waals surface area contributed by atoms with Gasteiger partial charge in [0.15, 0.2) is 28.6 Å². The topological polar surface area (TPSA) is 118 Å². The van der Waals surface area contributed by atoms with Crippen LogP contribution in [0, 0.1) is 5.82 Å². The first-order chi connectivity index (χ1) is 21.8. The summed E-state index contributed by atoms with van der Waals surface area (Å²) in [5.74, 6) is -7.55. The highest BCUT2D eigenvalue weighted by Gasteiger charge is 2.62. The van der Waals surface area contributed by atoms with Gasteiger partial charge in [-0.25, -0.2) is 24.3 Å². The Kier molecular flexibility index (Phi) is 7.15. The summed E-state index contributed by atoms with van der Waals surface area (Å²) in [5, 5.41) is 12.8. The van der Waals surface area contributed by atoms with Crippen molar-refractivity contribution in [3.8, 4) is 17.3 Å². The summed E-state index contributed by atoms with van der Waals surface area (Å²) < 4.78 is 128. The van der Waals surface area contributed by atoms with Crippen LogP contribution in [0.3, 0.4) is 0 Å². The summed E-state index contributed by atoms with van der Waals surface area (Å²) in [4.78, 5) is 31.5. The molecule has 250 valence electrons. The Hall–Kier alpha value is -4.68. The van der Waals surface area contributed by atoms with Crippen molar-refractivity contribution in [2.45, 2.75) is 49.1 Å². The smallest absolute Gasteiger partial charge is 0.453 e. The summed E-state index contributed by atoms with van der Waals surface area (Å²) in [6, 6.07) is 3.52. The molecular weight excluding hydrogens is 653 g/mol. The highest BCUT2D eigenvalue weighted by atomic mass is 19.4. The van der Waals surface area contributed by atoms with E-state index in [1.807, 2.05) is 0 Å². The monoisotopic (exact) mass is 675 g/mol. The fraction of sp³-hybridized carbons (Fsp3) is 0.393. The number of amides is 1. The molecule has 1 saturated heterocycles. The molecule has 47 heavy (non-hydrogen) atoms. The van der Waals surface area contributed by atoms with Gasteiger partial charge in [0.2, 0.25) is 5.91 Å². The fourth-order valence-corrected chi connectivity index (χ4v) is 5.54. The molecule has 0 spiro atoms. The summed E-state index contributed by atoms with van der Waals surface area (Å²) >= 11 is 0. The molecule has 1 fully saturated rings. The first-order valence-electron chi connectivity index (χ1n) is 13.7. The number of nitrogens with zero attached hydrogens (tertiary/aromatic N) is 6. The number of β-amino-alcohol motifs (C(OH)–C–C–N with tert-alkyl or cyclic N) is 1. The van der Waals surface area contributed by atoms with Gasteiger partial charge in [0.1, 0.15) is 22.7 Å². The second kappa shape index (κ2) is 10.4. The van der Waals surface area contributed by atoms with Crippen molar-refractivity contribution in [2.24, 2.45) is 0 Å². The number of imidazole rings is 1. The lowest BCUT2D eigenvalue weighted by Gasteiger charge is -2.48. The Morgan fingerprint density at radius 1 is 1.06 bits per heavy atom. The van der Waals surface area contributed by atoms with Gasteiger partial charge in [-0.05, 0) is 31.0 Å². The molecular formula is C28H22F9N7O3. The van der Waals surface area contributed by atoms with E-state index in [0.29, 0.717) is 0 Å². The number of benzene rings is 1. The zero-order valence-electron chi connectivity index (χ0n) is 24.1. The Balaban J connectivity index is 1.50. The van der Waals surface area contributed by atoms with Crippen LogP contribution >= 0.6 is 0 Å². The van der Waals surface area contributed by atoms with Crippen molar-refractivity contribution in [2.75, 3.05) is 30.4 Å². The van der Waals surface area contributed by atoms with Gasteiger partial charge in [-0.15, -0.1) is 0 Å². The van der Waals surface area contributed by atoms with E-state index in [4.69, 9.17) is 4.74 Å². The molecule has 1 amide bonds. The number of carbonyl (C=O) groups is 1. The van der Waals surface area contributed by atoms with Crippen LogP contribution in [0.15, 0.2) is 36.8 Å². The third-order valence-corrected chi connectivity index (χ3v) is 8.30. The number of nitrogens with one attached hydrogen (secondary N) is 1. The SMILES string of the molecule is COc1cc(C2(C)C(=O)Nc3nc(-c4cn5ccnc5c(CCC(F)(F)C(F)(F)F)n4)nc(N4CC(O)(C(F)(F)F)C4)c32)ccc1F. The van der Waals surface area contributed by atoms with Gasteiger partial charge >= 0.3 is 18.3 Å². The molecule has 10 nitrogen and oxygen atoms in total. The van der Waals surface area contributed by atoms with E-state index in [9.17, 15) is 49.4 Å². The highest BCUT2D eigenvalue weighted by Crippen LogP contribution is 2.50. The number of hydrogen-bond acceptors (Lipinski definition) is 8. The van der Waals surface area contributed by atoms with Crippen LogP contribution in [0.1, 0.15) is 30.2 Å². The second-order valence-electron chi connectivity index (χ2n) is 11.3. The molecule has 19 heteroatoms. The molecule has 2 aliphatic heterocycles. The second-order valence-corrected chi connectivity index (χ2v) is 11.3.